The first-order valence-corrected chi connectivity index (χ1v) is 7.62. The van der Waals surface area contributed by atoms with Crippen molar-refractivity contribution in [3.05, 3.63) is 24.4 Å². The van der Waals surface area contributed by atoms with Crippen molar-refractivity contribution in [3.63, 3.8) is 0 Å². The van der Waals surface area contributed by atoms with Crippen LogP contribution in [-0.2, 0) is 13.0 Å². The Hall–Kier alpha value is -2.45. The summed E-state index contributed by atoms with van der Waals surface area (Å²) in [7, 11) is 1.74. The van der Waals surface area contributed by atoms with E-state index in [4.69, 9.17) is 4.52 Å². The molecule has 0 aromatic carbocycles. The first-order chi connectivity index (χ1) is 11.0. The molecule has 23 heavy (non-hydrogen) atoms. The van der Waals surface area contributed by atoms with E-state index in [2.05, 4.69) is 25.5 Å². The van der Waals surface area contributed by atoms with Gasteiger partial charge in [0.15, 0.2) is 5.82 Å². The molecule has 0 saturated carbocycles. The normalized spacial score (nSPS) is 12.4. The van der Waals surface area contributed by atoms with E-state index < -0.39 is 0 Å². The Kier molecular flexibility index (Phi) is 5.67. The number of carbonyl (C=O) groups is 1. The van der Waals surface area contributed by atoms with E-state index >= 15 is 0 Å². The van der Waals surface area contributed by atoms with E-state index in [1.807, 2.05) is 20.8 Å². The highest BCUT2D eigenvalue weighted by atomic mass is 16.5. The minimum absolute atomic E-state index is 0.0515. The molecule has 2 rings (SSSR count). The second-order valence-electron chi connectivity index (χ2n) is 5.84. The van der Waals surface area contributed by atoms with Gasteiger partial charge in [-0.1, -0.05) is 19.0 Å². The average Bonchev–Trinajstić information content (AvgIpc) is 3.15. The van der Waals surface area contributed by atoms with E-state index in [-0.39, 0.29) is 18.0 Å². The zero-order chi connectivity index (χ0) is 16.8. The maximum absolute atomic E-state index is 12.1. The third-order valence-electron chi connectivity index (χ3n) is 3.29. The number of likely N-dealkylation sites (N-methyl/N-ethyl adjacent to an activating group) is 1. The highest BCUT2D eigenvalue weighted by molar-refractivity contribution is 5.74. The van der Waals surface area contributed by atoms with Crippen LogP contribution in [0.3, 0.4) is 0 Å². The zero-order valence-corrected chi connectivity index (χ0v) is 13.9. The summed E-state index contributed by atoms with van der Waals surface area (Å²) < 4.78 is 6.82. The number of nitrogens with zero attached hydrogens (tertiary/aromatic N) is 6. The summed E-state index contributed by atoms with van der Waals surface area (Å²) >= 11 is 0. The maximum Gasteiger partial charge on any atom is 0.317 e. The molecule has 126 valence electrons. The number of nitrogens with one attached hydrogen (secondary N) is 1. The van der Waals surface area contributed by atoms with Gasteiger partial charge in [-0.25, -0.2) is 9.78 Å². The maximum atomic E-state index is 12.1. The van der Waals surface area contributed by atoms with Gasteiger partial charge in [-0.15, -0.1) is 0 Å². The molecule has 0 aliphatic heterocycles. The van der Waals surface area contributed by atoms with Gasteiger partial charge in [0.25, 0.3) is 0 Å². The minimum Gasteiger partial charge on any atom is -0.339 e. The fraction of sp³-hybridized carbons (Fsp3) is 0.643. The number of hydrogen-bond donors (Lipinski definition) is 1. The summed E-state index contributed by atoms with van der Waals surface area (Å²) in [5.74, 6) is 1.44. The molecule has 2 amide bonds. The summed E-state index contributed by atoms with van der Waals surface area (Å²) in [6.45, 7) is 6.99. The molecule has 1 atom stereocenters. The number of carbonyl (C=O) groups excluding carboxylic acids is 1. The summed E-state index contributed by atoms with van der Waals surface area (Å²) in [6.07, 6.45) is 3.64. The molecule has 9 nitrogen and oxygen atoms in total. The molecule has 0 aliphatic rings. The molecule has 1 N–H and O–H groups in total. The van der Waals surface area contributed by atoms with Gasteiger partial charge in [0.05, 0.1) is 6.54 Å². The van der Waals surface area contributed by atoms with E-state index in [9.17, 15) is 4.79 Å². The summed E-state index contributed by atoms with van der Waals surface area (Å²) in [4.78, 5) is 21.9. The van der Waals surface area contributed by atoms with Crippen LogP contribution in [0.5, 0.6) is 0 Å². The van der Waals surface area contributed by atoms with Crippen LogP contribution in [0.15, 0.2) is 17.2 Å². The standard InChI is InChI=1S/C14H23N7O2/c1-10(2)13-18-12(19-23-13)5-6-20(4)14(22)17-11(3)7-21-9-15-8-16-21/h8-11H,5-7H2,1-4H3,(H,17,22)/t11-/m0/s1. The predicted molar refractivity (Wildman–Crippen MR) is 82.7 cm³/mol. The number of urea groups is 1. The lowest BCUT2D eigenvalue weighted by molar-refractivity contribution is 0.204. The molecule has 0 aliphatic carbocycles. The second kappa shape index (κ2) is 7.70. The Labute approximate surface area is 135 Å². The second-order valence-corrected chi connectivity index (χ2v) is 5.84. The monoisotopic (exact) mass is 321 g/mol. The molecule has 2 aromatic heterocycles. The van der Waals surface area contributed by atoms with E-state index in [1.54, 1.807) is 23.0 Å². The van der Waals surface area contributed by atoms with Crippen LogP contribution < -0.4 is 5.32 Å². The van der Waals surface area contributed by atoms with Crippen molar-refractivity contribution in [1.82, 2.24) is 35.1 Å². The van der Waals surface area contributed by atoms with Gasteiger partial charge < -0.3 is 14.7 Å². The van der Waals surface area contributed by atoms with Crippen molar-refractivity contribution >= 4 is 6.03 Å². The minimum atomic E-state index is -0.148. The zero-order valence-electron chi connectivity index (χ0n) is 13.9. The summed E-state index contributed by atoms with van der Waals surface area (Å²) in [5.41, 5.74) is 0. The predicted octanol–water partition coefficient (Wildman–Crippen LogP) is 1.06. The molecule has 0 bridgehead atoms. The molecule has 2 heterocycles. The van der Waals surface area contributed by atoms with Crippen LogP contribution in [0.25, 0.3) is 0 Å². The number of amides is 2. The third kappa shape index (κ3) is 5.04. The van der Waals surface area contributed by atoms with E-state index in [1.165, 1.54) is 6.33 Å². The van der Waals surface area contributed by atoms with Gasteiger partial charge in [0.1, 0.15) is 12.7 Å². The molecule has 0 fully saturated rings. The highest BCUT2D eigenvalue weighted by Gasteiger charge is 2.15. The Bertz CT molecular complexity index is 608. The summed E-state index contributed by atoms with van der Waals surface area (Å²) in [6, 6.07) is -0.199. The van der Waals surface area contributed by atoms with Crippen LogP contribution in [0.4, 0.5) is 4.79 Å². The average molecular weight is 321 g/mol. The van der Waals surface area contributed by atoms with Crippen molar-refractivity contribution in [3.8, 4) is 0 Å². The van der Waals surface area contributed by atoms with Crippen molar-refractivity contribution < 1.29 is 9.32 Å². The lowest BCUT2D eigenvalue weighted by atomic mass is 10.2. The third-order valence-corrected chi connectivity index (χ3v) is 3.29. The van der Waals surface area contributed by atoms with Gasteiger partial charge in [0, 0.05) is 32.0 Å². The highest BCUT2D eigenvalue weighted by Crippen LogP contribution is 2.11. The van der Waals surface area contributed by atoms with Crippen LogP contribution in [-0.4, -0.2) is 55.5 Å². The fourth-order valence-electron chi connectivity index (χ4n) is 1.95. The molecule has 0 radical (unpaired) electrons. The fourth-order valence-corrected chi connectivity index (χ4v) is 1.95. The molecule has 0 unspecified atom stereocenters. The lowest BCUT2D eigenvalue weighted by Gasteiger charge is -2.20. The smallest absolute Gasteiger partial charge is 0.317 e. The SMILES string of the molecule is CC(C)c1nc(CCN(C)C(=O)N[C@@H](C)Cn2cncn2)no1. The van der Waals surface area contributed by atoms with E-state index in [0.29, 0.717) is 31.2 Å². The Morgan fingerprint density at radius 1 is 1.43 bits per heavy atom. The quantitative estimate of drug-likeness (QED) is 0.818. The van der Waals surface area contributed by atoms with Crippen molar-refractivity contribution in [2.24, 2.45) is 0 Å². The van der Waals surface area contributed by atoms with Crippen molar-refractivity contribution in [2.45, 2.75) is 45.7 Å². The van der Waals surface area contributed by atoms with Crippen LogP contribution in [0, 0.1) is 0 Å². The first-order valence-electron chi connectivity index (χ1n) is 7.62. The van der Waals surface area contributed by atoms with E-state index in [0.717, 1.165) is 0 Å². The molecular weight excluding hydrogens is 298 g/mol. The Morgan fingerprint density at radius 3 is 2.83 bits per heavy atom. The van der Waals surface area contributed by atoms with Crippen LogP contribution >= 0.6 is 0 Å². The van der Waals surface area contributed by atoms with Gasteiger partial charge in [0.2, 0.25) is 5.89 Å². The van der Waals surface area contributed by atoms with Gasteiger partial charge in [-0.3, -0.25) is 4.68 Å². The Morgan fingerprint density at radius 2 is 2.22 bits per heavy atom. The molecule has 0 saturated heterocycles. The van der Waals surface area contributed by atoms with Gasteiger partial charge in [-0.2, -0.15) is 10.1 Å². The molecule has 0 spiro atoms. The number of rotatable bonds is 7. The Balaban J connectivity index is 1.75. The topological polar surface area (TPSA) is 102 Å². The number of hydrogen-bond acceptors (Lipinski definition) is 6. The molecule has 9 heteroatoms. The molecule has 2 aromatic rings. The first kappa shape index (κ1) is 16.9. The van der Waals surface area contributed by atoms with Gasteiger partial charge >= 0.3 is 6.03 Å². The van der Waals surface area contributed by atoms with Crippen molar-refractivity contribution in [2.75, 3.05) is 13.6 Å². The van der Waals surface area contributed by atoms with Crippen molar-refractivity contribution in [1.29, 1.82) is 0 Å². The lowest BCUT2D eigenvalue weighted by Crippen LogP contribution is -2.44. The summed E-state index contributed by atoms with van der Waals surface area (Å²) in [5, 5.41) is 10.8. The van der Waals surface area contributed by atoms with Gasteiger partial charge in [-0.05, 0) is 6.92 Å². The largest absolute Gasteiger partial charge is 0.339 e. The van der Waals surface area contributed by atoms with Crippen LogP contribution in [0.1, 0.15) is 38.4 Å². The number of aromatic nitrogens is 5. The van der Waals surface area contributed by atoms with Crippen LogP contribution in [0.2, 0.25) is 0 Å². The molecular formula is C14H23N7O2.